The molecule has 162 valence electrons. The Morgan fingerprint density at radius 1 is 0.968 bits per heavy atom. The predicted octanol–water partition coefficient (Wildman–Crippen LogP) is 7.36. The van der Waals surface area contributed by atoms with Gasteiger partial charge in [-0.2, -0.15) is 0 Å². The van der Waals surface area contributed by atoms with Crippen molar-refractivity contribution in [2.45, 2.75) is 64.1 Å². The second kappa shape index (κ2) is 7.54. The Morgan fingerprint density at radius 3 is 2.32 bits per heavy atom. The van der Waals surface area contributed by atoms with Gasteiger partial charge in [-0.25, -0.2) is 0 Å². The van der Waals surface area contributed by atoms with Gasteiger partial charge in [-0.05, 0) is 92.5 Å². The number of rotatable bonds is 5. The second-order valence-electron chi connectivity index (χ2n) is 10.5. The van der Waals surface area contributed by atoms with E-state index in [9.17, 15) is 0 Å². The summed E-state index contributed by atoms with van der Waals surface area (Å²) in [6.45, 7) is 3.99. The van der Waals surface area contributed by atoms with Gasteiger partial charge in [-0.15, -0.1) is 0 Å². The summed E-state index contributed by atoms with van der Waals surface area (Å²) in [5.41, 5.74) is 5.55. The number of nitrogens with zero attached hydrogens (tertiary/aromatic N) is 1. The van der Waals surface area contributed by atoms with Gasteiger partial charge >= 0.3 is 0 Å². The molecular weight excluding hydrogens is 423 g/mol. The molecule has 1 heterocycles. The molecule has 4 bridgehead atoms. The molecule has 2 nitrogen and oxygen atoms in total. The van der Waals surface area contributed by atoms with E-state index in [0.29, 0.717) is 10.6 Å². The number of hydrogen-bond acceptors (Lipinski definition) is 1. The van der Waals surface area contributed by atoms with Gasteiger partial charge in [-0.3, -0.25) is 0 Å². The maximum absolute atomic E-state index is 6.52. The average molecular weight is 453 g/mol. The maximum Gasteiger partial charge on any atom is 0.0493 e. The summed E-state index contributed by atoms with van der Waals surface area (Å²) in [6.07, 6.45) is 8.62. The SMILES string of the molecule is Cc1c(CNC23CC4CC(CC(C4)C2)C3)c2ccccc2n1Cc1ccc(Cl)cc1Cl. The topological polar surface area (TPSA) is 17.0 Å². The first kappa shape index (κ1) is 20.1. The number of fused-ring (bicyclic) bond motifs is 1. The molecule has 4 saturated carbocycles. The molecule has 0 amide bonds. The van der Waals surface area contributed by atoms with Gasteiger partial charge in [0.1, 0.15) is 0 Å². The van der Waals surface area contributed by atoms with Crippen molar-refractivity contribution in [2.75, 3.05) is 0 Å². The third-order valence-electron chi connectivity index (χ3n) is 8.38. The minimum Gasteiger partial charge on any atom is -0.340 e. The third-order valence-corrected chi connectivity index (χ3v) is 8.97. The van der Waals surface area contributed by atoms with E-state index in [0.717, 1.165) is 41.4 Å². The summed E-state index contributed by atoms with van der Waals surface area (Å²) < 4.78 is 2.42. The number of para-hydroxylation sites is 1. The van der Waals surface area contributed by atoms with Crippen LogP contribution in [-0.4, -0.2) is 10.1 Å². The van der Waals surface area contributed by atoms with Crippen LogP contribution in [0.4, 0.5) is 0 Å². The number of benzene rings is 2. The zero-order valence-electron chi connectivity index (χ0n) is 18.1. The highest BCUT2D eigenvalue weighted by molar-refractivity contribution is 6.35. The highest BCUT2D eigenvalue weighted by Crippen LogP contribution is 2.55. The lowest BCUT2D eigenvalue weighted by molar-refractivity contribution is -0.0205. The number of hydrogen-bond donors (Lipinski definition) is 1. The predicted molar refractivity (Wildman–Crippen MR) is 130 cm³/mol. The molecule has 3 aromatic rings. The normalized spacial score (nSPS) is 29.2. The smallest absolute Gasteiger partial charge is 0.0493 e. The van der Waals surface area contributed by atoms with Crippen LogP contribution < -0.4 is 5.32 Å². The van der Waals surface area contributed by atoms with E-state index >= 15 is 0 Å². The average Bonchev–Trinajstić information content (AvgIpc) is 2.99. The Labute approximate surface area is 194 Å². The fourth-order valence-corrected chi connectivity index (χ4v) is 7.82. The number of aromatic nitrogens is 1. The molecule has 7 rings (SSSR count). The van der Waals surface area contributed by atoms with Crippen LogP contribution in [0.5, 0.6) is 0 Å². The van der Waals surface area contributed by atoms with Gasteiger partial charge in [0.25, 0.3) is 0 Å². The highest BCUT2D eigenvalue weighted by Gasteiger charge is 2.50. The second-order valence-corrected chi connectivity index (χ2v) is 11.3. The lowest BCUT2D eigenvalue weighted by Crippen LogP contribution is -2.58. The van der Waals surface area contributed by atoms with Crippen molar-refractivity contribution in [1.82, 2.24) is 9.88 Å². The Kier molecular flexibility index (Phi) is 4.90. The standard InChI is InChI=1S/C27H30Cl2N2/c1-17-24(15-30-27-12-18-8-19(13-27)10-20(9-18)14-27)23-4-2-3-5-26(23)31(17)16-21-6-7-22(28)11-25(21)29/h2-7,11,18-20,30H,8-10,12-16H2,1H3. The summed E-state index contributed by atoms with van der Waals surface area (Å²) in [4.78, 5) is 0. The zero-order chi connectivity index (χ0) is 21.2. The lowest BCUT2D eigenvalue weighted by Gasteiger charge is -2.57. The monoisotopic (exact) mass is 452 g/mol. The van der Waals surface area contributed by atoms with Crippen molar-refractivity contribution < 1.29 is 0 Å². The van der Waals surface area contributed by atoms with Crippen molar-refractivity contribution in [3.8, 4) is 0 Å². The van der Waals surface area contributed by atoms with Crippen LogP contribution in [0.15, 0.2) is 42.5 Å². The van der Waals surface area contributed by atoms with E-state index in [1.54, 1.807) is 0 Å². The molecule has 2 aromatic carbocycles. The molecule has 1 N–H and O–H groups in total. The summed E-state index contributed by atoms with van der Waals surface area (Å²) in [7, 11) is 0. The van der Waals surface area contributed by atoms with Crippen molar-refractivity contribution in [2.24, 2.45) is 17.8 Å². The molecule has 4 aliphatic rings. The largest absolute Gasteiger partial charge is 0.340 e. The summed E-state index contributed by atoms with van der Waals surface area (Å²) in [5, 5.41) is 6.90. The van der Waals surface area contributed by atoms with Crippen LogP contribution in [-0.2, 0) is 13.1 Å². The molecule has 4 heteroatoms. The first-order chi connectivity index (χ1) is 15.0. The molecule has 0 radical (unpaired) electrons. The van der Waals surface area contributed by atoms with Crippen LogP contribution >= 0.6 is 23.2 Å². The molecule has 0 spiro atoms. The molecule has 0 saturated heterocycles. The van der Waals surface area contributed by atoms with Crippen LogP contribution in [0.2, 0.25) is 10.0 Å². The van der Waals surface area contributed by atoms with Gasteiger partial charge in [0.05, 0.1) is 0 Å². The Bertz CT molecular complexity index is 1110. The Hall–Kier alpha value is -1.48. The summed E-state index contributed by atoms with van der Waals surface area (Å²) in [5.74, 6) is 2.90. The van der Waals surface area contributed by atoms with Gasteiger partial charge in [0, 0.05) is 45.3 Å². The fraction of sp³-hybridized carbons (Fsp3) is 0.481. The van der Waals surface area contributed by atoms with Crippen LogP contribution in [0.1, 0.15) is 55.3 Å². The van der Waals surface area contributed by atoms with E-state index < -0.39 is 0 Å². The minimum atomic E-state index is 0.379. The van der Waals surface area contributed by atoms with Gasteiger partial charge in [0.15, 0.2) is 0 Å². The molecule has 0 unspecified atom stereocenters. The quantitative estimate of drug-likeness (QED) is 0.427. The molecule has 0 atom stereocenters. The summed E-state index contributed by atoms with van der Waals surface area (Å²) in [6, 6.07) is 14.6. The van der Waals surface area contributed by atoms with E-state index in [2.05, 4.69) is 41.1 Å². The Balaban J connectivity index is 1.32. The molecular formula is C27H30Cl2N2. The Morgan fingerprint density at radius 2 is 1.65 bits per heavy atom. The lowest BCUT2D eigenvalue weighted by atomic mass is 9.53. The summed E-state index contributed by atoms with van der Waals surface area (Å²) >= 11 is 12.6. The first-order valence-corrected chi connectivity index (χ1v) is 12.5. The van der Waals surface area contributed by atoms with Crippen LogP contribution in [0.3, 0.4) is 0 Å². The molecule has 31 heavy (non-hydrogen) atoms. The maximum atomic E-state index is 6.52. The fourth-order valence-electron chi connectivity index (χ4n) is 7.35. The van der Waals surface area contributed by atoms with Crippen molar-refractivity contribution in [1.29, 1.82) is 0 Å². The molecule has 0 aliphatic heterocycles. The van der Waals surface area contributed by atoms with Gasteiger partial charge in [-0.1, -0.05) is 47.5 Å². The number of nitrogens with one attached hydrogen (secondary N) is 1. The minimum absolute atomic E-state index is 0.379. The van der Waals surface area contributed by atoms with Gasteiger partial charge in [0.2, 0.25) is 0 Å². The van der Waals surface area contributed by atoms with E-state index in [-0.39, 0.29) is 0 Å². The van der Waals surface area contributed by atoms with E-state index in [1.807, 2.05) is 18.2 Å². The van der Waals surface area contributed by atoms with E-state index in [1.165, 1.54) is 60.7 Å². The highest BCUT2D eigenvalue weighted by atomic mass is 35.5. The zero-order valence-corrected chi connectivity index (χ0v) is 19.6. The van der Waals surface area contributed by atoms with Crippen molar-refractivity contribution in [3.05, 3.63) is 69.3 Å². The van der Waals surface area contributed by atoms with Crippen LogP contribution in [0, 0.1) is 24.7 Å². The first-order valence-electron chi connectivity index (χ1n) is 11.8. The number of halogens is 2. The van der Waals surface area contributed by atoms with Gasteiger partial charge < -0.3 is 9.88 Å². The third kappa shape index (κ3) is 3.52. The van der Waals surface area contributed by atoms with Crippen LogP contribution in [0.25, 0.3) is 10.9 Å². The molecule has 4 fully saturated rings. The van der Waals surface area contributed by atoms with E-state index in [4.69, 9.17) is 23.2 Å². The van der Waals surface area contributed by atoms with Crippen molar-refractivity contribution >= 4 is 34.1 Å². The molecule has 1 aromatic heterocycles. The van der Waals surface area contributed by atoms with Crippen molar-refractivity contribution in [3.63, 3.8) is 0 Å². The molecule has 4 aliphatic carbocycles.